The van der Waals surface area contributed by atoms with Crippen molar-refractivity contribution in [3.05, 3.63) is 21.4 Å². The lowest BCUT2D eigenvalue weighted by atomic mass is 9.69. The number of hydrogen-bond donors (Lipinski definition) is 0. The molecule has 0 aromatic carbocycles. The highest BCUT2D eigenvalue weighted by Gasteiger charge is 2.33. The lowest BCUT2D eigenvalue weighted by molar-refractivity contribution is 0.149. The number of rotatable bonds is 2. The Morgan fingerprint density at radius 1 is 1.16 bits per heavy atom. The summed E-state index contributed by atoms with van der Waals surface area (Å²) in [6.45, 7) is 11.7. The Labute approximate surface area is 131 Å². The van der Waals surface area contributed by atoms with E-state index < -0.39 is 0 Å². The van der Waals surface area contributed by atoms with Gasteiger partial charge in [0, 0.05) is 14.6 Å². The summed E-state index contributed by atoms with van der Waals surface area (Å²) in [5.74, 6) is 1.74. The van der Waals surface area contributed by atoms with Crippen LogP contribution in [0.15, 0.2) is 6.07 Å². The number of thiophene rings is 1. The Morgan fingerprint density at radius 2 is 1.74 bits per heavy atom. The summed E-state index contributed by atoms with van der Waals surface area (Å²) in [6, 6.07) is 2.38. The second-order valence-corrected chi connectivity index (χ2v) is 9.70. The molecule has 0 nitrogen and oxygen atoms in total. The molecule has 0 radical (unpaired) electrons. The molecule has 0 aliphatic heterocycles. The maximum Gasteiger partial charge on any atom is 0.0434 e. The fraction of sp³-hybridized carbons (Fsp3) is 0.765. The van der Waals surface area contributed by atoms with Gasteiger partial charge in [0.2, 0.25) is 0 Å². The number of aryl methyl sites for hydroxylation is 2. The Morgan fingerprint density at radius 3 is 2.16 bits per heavy atom. The van der Waals surface area contributed by atoms with E-state index in [-0.39, 0.29) is 0 Å². The summed E-state index contributed by atoms with van der Waals surface area (Å²) >= 11 is 5.93. The molecule has 0 N–H and O–H groups in total. The lowest BCUT2D eigenvalue weighted by Gasteiger charge is -2.38. The molecule has 2 rings (SSSR count). The quantitative estimate of drug-likeness (QED) is 0.527. The van der Waals surface area contributed by atoms with Crippen molar-refractivity contribution >= 4 is 27.3 Å². The van der Waals surface area contributed by atoms with Gasteiger partial charge in [-0.2, -0.15) is 0 Å². The largest absolute Gasteiger partial charge is 0.146 e. The van der Waals surface area contributed by atoms with E-state index in [1.165, 1.54) is 35.4 Å². The van der Waals surface area contributed by atoms with Gasteiger partial charge in [0.25, 0.3) is 0 Å². The molecule has 1 atom stereocenters. The van der Waals surface area contributed by atoms with Crippen molar-refractivity contribution in [2.75, 3.05) is 0 Å². The van der Waals surface area contributed by atoms with E-state index in [2.05, 4.69) is 56.6 Å². The van der Waals surface area contributed by atoms with Crippen LogP contribution in [0.2, 0.25) is 0 Å². The van der Waals surface area contributed by atoms with E-state index in [9.17, 15) is 0 Å². The zero-order valence-electron chi connectivity index (χ0n) is 12.9. The van der Waals surface area contributed by atoms with Crippen molar-refractivity contribution < 1.29 is 0 Å². The first-order valence-electron chi connectivity index (χ1n) is 7.50. The third kappa shape index (κ3) is 3.64. The van der Waals surface area contributed by atoms with Crippen LogP contribution in [0.1, 0.15) is 66.6 Å². The normalized spacial score (nSPS) is 26.4. The van der Waals surface area contributed by atoms with E-state index in [1.54, 1.807) is 5.56 Å². The predicted octanol–water partition coefficient (Wildman–Crippen LogP) is 6.65. The van der Waals surface area contributed by atoms with Gasteiger partial charge in [-0.05, 0) is 68.4 Å². The number of hydrogen-bond acceptors (Lipinski definition) is 1. The standard InChI is InChI=1S/C17H27BrS/c1-11-10-15(12(2)19-11)16(18)13-6-8-14(9-7-13)17(3,4)5/h10,13-14,16H,6-9H2,1-5H3. The van der Waals surface area contributed by atoms with Gasteiger partial charge in [0.15, 0.2) is 0 Å². The molecule has 1 heterocycles. The van der Waals surface area contributed by atoms with Gasteiger partial charge in [0.05, 0.1) is 0 Å². The van der Waals surface area contributed by atoms with Gasteiger partial charge < -0.3 is 0 Å². The summed E-state index contributed by atoms with van der Waals surface area (Å²) in [5, 5.41) is 0. The summed E-state index contributed by atoms with van der Waals surface area (Å²) < 4.78 is 0. The van der Waals surface area contributed by atoms with Crippen LogP contribution < -0.4 is 0 Å². The van der Waals surface area contributed by atoms with Gasteiger partial charge in [-0.1, -0.05) is 36.7 Å². The molecule has 0 bridgehead atoms. The van der Waals surface area contributed by atoms with E-state index in [1.807, 2.05) is 11.3 Å². The maximum absolute atomic E-state index is 3.99. The van der Waals surface area contributed by atoms with Crippen LogP contribution >= 0.6 is 27.3 Å². The minimum Gasteiger partial charge on any atom is -0.146 e. The third-order valence-corrected chi connectivity index (χ3v) is 7.01. The fourth-order valence-corrected chi connectivity index (χ4v) is 5.58. The molecule has 108 valence electrons. The molecule has 0 spiro atoms. The molecule has 1 aromatic rings. The van der Waals surface area contributed by atoms with E-state index in [0.29, 0.717) is 10.2 Å². The molecule has 1 aliphatic carbocycles. The van der Waals surface area contributed by atoms with Crippen molar-refractivity contribution in [2.24, 2.45) is 17.3 Å². The summed E-state index contributed by atoms with van der Waals surface area (Å²) in [6.07, 6.45) is 5.56. The maximum atomic E-state index is 3.99. The Hall–Kier alpha value is 0.180. The molecule has 2 heteroatoms. The first-order chi connectivity index (χ1) is 8.79. The van der Waals surface area contributed by atoms with E-state index in [4.69, 9.17) is 0 Å². The van der Waals surface area contributed by atoms with Crippen LogP contribution in [0.4, 0.5) is 0 Å². The molecule has 0 saturated heterocycles. The zero-order valence-corrected chi connectivity index (χ0v) is 15.3. The Balaban J connectivity index is 2.00. The highest BCUT2D eigenvalue weighted by Crippen LogP contribution is 2.47. The SMILES string of the molecule is Cc1cc(C(Br)C2CCC(C(C)(C)C)CC2)c(C)s1. The highest BCUT2D eigenvalue weighted by molar-refractivity contribution is 9.09. The van der Waals surface area contributed by atoms with Crippen LogP contribution in [-0.2, 0) is 0 Å². The summed E-state index contributed by atoms with van der Waals surface area (Å²) in [4.78, 5) is 3.51. The molecule has 1 fully saturated rings. The second-order valence-electron chi connectivity index (χ2n) is 7.25. The predicted molar refractivity (Wildman–Crippen MR) is 90.4 cm³/mol. The second kappa shape index (κ2) is 5.89. The van der Waals surface area contributed by atoms with Crippen LogP contribution in [0.25, 0.3) is 0 Å². The minimum absolute atomic E-state index is 0.488. The van der Waals surface area contributed by atoms with Gasteiger partial charge >= 0.3 is 0 Å². The number of halogens is 1. The first kappa shape index (κ1) is 15.6. The monoisotopic (exact) mass is 342 g/mol. The van der Waals surface area contributed by atoms with Crippen molar-refractivity contribution in [3.8, 4) is 0 Å². The van der Waals surface area contributed by atoms with Crippen molar-refractivity contribution in [2.45, 2.75) is 65.1 Å². The van der Waals surface area contributed by atoms with Gasteiger partial charge in [0.1, 0.15) is 0 Å². The Bertz CT molecular complexity index is 419. The molecule has 0 amide bonds. The third-order valence-electron chi connectivity index (χ3n) is 4.79. The van der Waals surface area contributed by atoms with E-state index >= 15 is 0 Å². The van der Waals surface area contributed by atoms with Gasteiger partial charge in [-0.15, -0.1) is 11.3 Å². The van der Waals surface area contributed by atoms with Gasteiger partial charge in [-0.25, -0.2) is 0 Å². The average molecular weight is 343 g/mol. The minimum atomic E-state index is 0.488. The molecule has 1 aliphatic rings. The van der Waals surface area contributed by atoms with E-state index in [0.717, 1.165) is 11.8 Å². The highest BCUT2D eigenvalue weighted by atomic mass is 79.9. The summed E-state index contributed by atoms with van der Waals surface area (Å²) in [7, 11) is 0. The fourth-order valence-electron chi connectivity index (χ4n) is 3.46. The molecule has 1 unspecified atom stereocenters. The first-order valence-corrected chi connectivity index (χ1v) is 9.23. The lowest BCUT2D eigenvalue weighted by Crippen LogP contribution is -2.27. The Kier molecular flexibility index (Phi) is 4.83. The molecule has 1 saturated carbocycles. The van der Waals surface area contributed by atoms with Crippen LogP contribution in [0.5, 0.6) is 0 Å². The van der Waals surface area contributed by atoms with Crippen LogP contribution in [0.3, 0.4) is 0 Å². The van der Waals surface area contributed by atoms with Gasteiger partial charge in [-0.3, -0.25) is 0 Å². The number of alkyl halides is 1. The molecule has 1 aromatic heterocycles. The zero-order chi connectivity index (χ0) is 14.2. The average Bonchev–Trinajstić information content (AvgIpc) is 2.66. The summed E-state index contributed by atoms with van der Waals surface area (Å²) in [5.41, 5.74) is 2.03. The molecular formula is C17H27BrS. The topological polar surface area (TPSA) is 0 Å². The van der Waals surface area contributed by atoms with Crippen molar-refractivity contribution in [1.82, 2.24) is 0 Å². The van der Waals surface area contributed by atoms with Crippen molar-refractivity contribution in [3.63, 3.8) is 0 Å². The van der Waals surface area contributed by atoms with Crippen molar-refractivity contribution in [1.29, 1.82) is 0 Å². The smallest absolute Gasteiger partial charge is 0.0434 e. The van der Waals surface area contributed by atoms with Crippen LogP contribution in [-0.4, -0.2) is 0 Å². The molecular weight excluding hydrogens is 316 g/mol. The van der Waals surface area contributed by atoms with Crippen LogP contribution in [0, 0.1) is 31.1 Å². The molecule has 19 heavy (non-hydrogen) atoms.